The summed E-state index contributed by atoms with van der Waals surface area (Å²) >= 11 is 0. The Labute approximate surface area is 155 Å². The summed E-state index contributed by atoms with van der Waals surface area (Å²) in [6, 6.07) is 15.4. The Morgan fingerprint density at radius 2 is 1.96 bits per heavy atom. The van der Waals surface area contributed by atoms with Crippen LogP contribution in [0.5, 0.6) is 0 Å². The van der Waals surface area contributed by atoms with Crippen molar-refractivity contribution < 1.29 is 4.79 Å². The number of aromatic nitrogens is 5. The second kappa shape index (κ2) is 6.35. The number of amides is 1. The van der Waals surface area contributed by atoms with E-state index >= 15 is 0 Å². The molecule has 1 N–H and O–H groups in total. The molecule has 134 valence electrons. The number of H-pyrrole nitrogens is 1. The van der Waals surface area contributed by atoms with E-state index in [0.717, 1.165) is 41.9 Å². The molecule has 0 radical (unpaired) electrons. The number of hydrogen-bond acceptors (Lipinski definition) is 4. The second-order valence-electron chi connectivity index (χ2n) is 6.68. The van der Waals surface area contributed by atoms with Crippen molar-refractivity contribution in [2.24, 2.45) is 0 Å². The third-order valence-electron chi connectivity index (χ3n) is 5.03. The summed E-state index contributed by atoms with van der Waals surface area (Å²) in [6.45, 7) is 0.741. The van der Waals surface area contributed by atoms with E-state index in [-0.39, 0.29) is 11.9 Å². The van der Waals surface area contributed by atoms with Gasteiger partial charge in [0.25, 0.3) is 5.91 Å². The number of nitrogens with zero attached hydrogens (tertiary/aromatic N) is 5. The molecule has 27 heavy (non-hydrogen) atoms. The van der Waals surface area contributed by atoms with Crippen LogP contribution >= 0.6 is 0 Å². The minimum absolute atomic E-state index is 0.0140. The number of para-hydroxylation sites is 2. The number of fused-ring (bicyclic) bond motifs is 1. The average Bonchev–Trinajstić information content (AvgIpc) is 3.47. The first-order chi connectivity index (χ1) is 13.3. The average molecular weight is 358 g/mol. The molecule has 1 amide bonds. The lowest BCUT2D eigenvalue weighted by Gasteiger charge is -2.23. The number of hydrogen-bond donors (Lipinski definition) is 1. The summed E-state index contributed by atoms with van der Waals surface area (Å²) in [5.41, 5.74) is 3.48. The summed E-state index contributed by atoms with van der Waals surface area (Å²) in [5.74, 6) is 0.893. The van der Waals surface area contributed by atoms with Crippen molar-refractivity contribution in [3.8, 4) is 5.69 Å². The highest BCUT2D eigenvalue weighted by Gasteiger charge is 2.32. The van der Waals surface area contributed by atoms with Crippen LogP contribution in [0.1, 0.15) is 35.1 Å². The topological polar surface area (TPSA) is 79.7 Å². The van der Waals surface area contributed by atoms with Gasteiger partial charge in [-0.2, -0.15) is 5.10 Å². The Hall–Kier alpha value is -3.48. The minimum atomic E-state index is -0.0140. The maximum absolute atomic E-state index is 13.1. The maximum atomic E-state index is 13.1. The molecule has 7 heteroatoms. The molecule has 1 fully saturated rings. The SMILES string of the molecule is O=C(c1ccc(-n2cncn2)cc1)N1CCC[C@@H]1c1nc2ccccc2[nH]1. The molecule has 0 saturated carbocycles. The molecule has 0 unspecified atom stereocenters. The van der Waals surface area contributed by atoms with Crippen LogP contribution in [0.4, 0.5) is 0 Å². The van der Waals surface area contributed by atoms with Crippen molar-refractivity contribution in [2.75, 3.05) is 6.54 Å². The number of aromatic amines is 1. The molecular formula is C20H18N6O. The molecule has 1 saturated heterocycles. The van der Waals surface area contributed by atoms with Gasteiger partial charge in [0.05, 0.1) is 22.8 Å². The van der Waals surface area contributed by atoms with E-state index in [4.69, 9.17) is 4.98 Å². The quantitative estimate of drug-likeness (QED) is 0.610. The molecule has 3 heterocycles. The highest BCUT2D eigenvalue weighted by molar-refractivity contribution is 5.95. The molecule has 7 nitrogen and oxygen atoms in total. The molecule has 5 rings (SSSR count). The largest absolute Gasteiger partial charge is 0.340 e. The summed E-state index contributed by atoms with van der Waals surface area (Å²) in [7, 11) is 0. The Morgan fingerprint density at radius 1 is 1.11 bits per heavy atom. The van der Waals surface area contributed by atoms with Crippen LogP contribution in [0.2, 0.25) is 0 Å². The predicted molar refractivity (Wildman–Crippen MR) is 100 cm³/mol. The Morgan fingerprint density at radius 3 is 2.74 bits per heavy atom. The minimum Gasteiger partial charge on any atom is -0.340 e. The van der Waals surface area contributed by atoms with Gasteiger partial charge in [0.1, 0.15) is 18.5 Å². The molecule has 1 atom stereocenters. The Bertz CT molecular complexity index is 1050. The van der Waals surface area contributed by atoms with Crippen LogP contribution in [0, 0.1) is 0 Å². The van der Waals surface area contributed by atoms with Crippen molar-refractivity contribution in [2.45, 2.75) is 18.9 Å². The van der Waals surface area contributed by atoms with E-state index in [0.29, 0.717) is 5.56 Å². The number of likely N-dealkylation sites (tertiary alicyclic amines) is 1. The van der Waals surface area contributed by atoms with Crippen molar-refractivity contribution in [3.05, 3.63) is 72.6 Å². The molecule has 0 spiro atoms. The first kappa shape index (κ1) is 15.7. The molecule has 2 aromatic heterocycles. The highest BCUT2D eigenvalue weighted by Crippen LogP contribution is 2.32. The second-order valence-corrected chi connectivity index (χ2v) is 6.68. The number of carbonyl (C=O) groups is 1. The third-order valence-corrected chi connectivity index (χ3v) is 5.03. The van der Waals surface area contributed by atoms with Gasteiger partial charge in [0.15, 0.2) is 0 Å². The fraction of sp³-hybridized carbons (Fsp3) is 0.200. The van der Waals surface area contributed by atoms with E-state index in [2.05, 4.69) is 15.1 Å². The summed E-state index contributed by atoms with van der Waals surface area (Å²) < 4.78 is 1.67. The molecule has 1 aliphatic rings. The lowest BCUT2D eigenvalue weighted by atomic mass is 10.1. The van der Waals surface area contributed by atoms with Gasteiger partial charge in [-0.1, -0.05) is 12.1 Å². The third kappa shape index (κ3) is 2.77. The lowest BCUT2D eigenvalue weighted by molar-refractivity contribution is 0.0730. The zero-order chi connectivity index (χ0) is 18.2. The molecule has 1 aliphatic heterocycles. The number of benzene rings is 2. The zero-order valence-corrected chi connectivity index (χ0v) is 14.6. The predicted octanol–water partition coefficient (Wildman–Crippen LogP) is 3.12. The van der Waals surface area contributed by atoms with Gasteiger partial charge in [0, 0.05) is 12.1 Å². The monoisotopic (exact) mass is 358 g/mol. The van der Waals surface area contributed by atoms with Gasteiger partial charge >= 0.3 is 0 Å². The summed E-state index contributed by atoms with van der Waals surface area (Å²) in [6.07, 6.45) is 5.02. The van der Waals surface area contributed by atoms with E-state index in [1.54, 1.807) is 11.0 Å². The van der Waals surface area contributed by atoms with Crippen molar-refractivity contribution in [1.29, 1.82) is 0 Å². The van der Waals surface area contributed by atoms with E-state index in [1.165, 1.54) is 6.33 Å². The van der Waals surface area contributed by atoms with Gasteiger partial charge in [0.2, 0.25) is 0 Å². The standard InChI is InChI=1S/C20H18N6O/c27-20(14-7-9-15(10-8-14)26-13-21-12-22-26)25-11-3-6-18(25)19-23-16-4-1-2-5-17(16)24-19/h1-2,4-5,7-10,12-13,18H,3,6,11H2,(H,23,24)/t18-/m1/s1. The first-order valence-corrected chi connectivity index (χ1v) is 9.00. The Kier molecular flexibility index (Phi) is 3.71. The van der Waals surface area contributed by atoms with Crippen LogP contribution in [0.3, 0.4) is 0 Å². The normalized spacial score (nSPS) is 16.9. The van der Waals surface area contributed by atoms with E-state index < -0.39 is 0 Å². The van der Waals surface area contributed by atoms with Crippen LogP contribution in [-0.4, -0.2) is 42.1 Å². The van der Waals surface area contributed by atoms with Crippen LogP contribution < -0.4 is 0 Å². The number of rotatable bonds is 3. The van der Waals surface area contributed by atoms with Gasteiger partial charge in [-0.05, 0) is 49.2 Å². The van der Waals surface area contributed by atoms with Crippen molar-refractivity contribution >= 4 is 16.9 Å². The number of imidazole rings is 1. The smallest absolute Gasteiger partial charge is 0.254 e. The van der Waals surface area contributed by atoms with Crippen LogP contribution in [-0.2, 0) is 0 Å². The molecule has 0 aliphatic carbocycles. The van der Waals surface area contributed by atoms with Crippen LogP contribution in [0.15, 0.2) is 61.2 Å². The maximum Gasteiger partial charge on any atom is 0.254 e. The lowest BCUT2D eigenvalue weighted by Crippen LogP contribution is -2.31. The first-order valence-electron chi connectivity index (χ1n) is 9.00. The summed E-state index contributed by atoms with van der Waals surface area (Å²) in [4.78, 5) is 27.0. The summed E-state index contributed by atoms with van der Waals surface area (Å²) in [5, 5.41) is 4.11. The van der Waals surface area contributed by atoms with E-state index in [1.807, 2.05) is 53.4 Å². The van der Waals surface area contributed by atoms with Gasteiger partial charge < -0.3 is 9.88 Å². The van der Waals surface area contributed by atoms with E-state index in [9.17, 15) is 4.79 Å². The van der Waals surface area contributed by atoms with Gasteiger partial charge in [-0.25, -0.2) is 14.6 Å². The molecule has 4 aromatic rings. The fourth-order valence-electron chi connectivity index (χ4n) is 3.69. The number of nitrogens with one attached hydrogen (secondary N) is 1. The molecule has 0 bridgehead atoms. The van der Waals surface area contributed by atoms with Crippen LogP contribution in [0.25, 0.3) is 16.7 Å². The van der Waals surface area contributed by atoms with Gasteiger partial charge in [-0.15, -0.1) is 0 Å². The van der Waals surface area contributed by atoms with Crippen molar-refractivity contribution in [3.63, 3.8) is 0 Å². The fourth-order valence-corrected chi connectivity index (χ4v) is 3.69. The van der Waals surface area contributed by atoms with Crippen molar-refractivity contribution in [1.82, 2.24) is 29.6 Å². The molecular weight excluding hydrogens is 340 g/mol. The zero-order valence-electron chi connectivity index (χ0n) is 14.6. The number of carbonyl (C=O) groups excluding carboxylic acids is 1. The van der Waals surface area contributed by atoms with Gasteiger partial charge in [-0.3, -0.25) is 4.79 Å². The molecule has 2 aromatic carbocycles. The Balaban J connectivity index is 1.41. The highest BCUT2D eigenvalue weighted by atomic mass is 16.2.